The van der Waals surface area contributed by atoms with Crippen molar-refractivity contribution in [2.45, 2.75) is 37.6 Å². The van der Waals surface area contributed by atoms with Crippen molar-refractivity contribution >= 4 is 0 Å². The monoisotopic (exact) mass is 230 g/mol. The summed E-state index contributed by atoms with van der Waals surface area (Å²) < 4.78 is 27.2. The van der Waals surface area contributed by atoms with Crippen molar-refractivity contribution in [3.05, 3.63) is 0 Å². The molecule has 92 valence electrons. The van der Waals surface area contributed by atoms with E-state index in [4.69, 9.17) is 0 Å². The van der Waals surface area contributed by atoms with Crippen LogP contribution in [0.15, 0.2) is 0 Å². The molecule has 1 N–H and O–H groups in total. The van der Waals surface area contributed by atoms with Crippen molar-refractivity contribution in [2.75, 3.05) is 26.2 Å². The zero-order valence-corrected chi connectivity index (χ0v) is 9.59. The number of alkyl halides is 2. The van der Waals surface area contributed by atoms with E-state index in [1.807, 2.05) is 0 Å². The molecule has 3 aliphatic rings. The topological polar surface area (TPSA) is 15.3 Å². The smallest absolute Gasteiger partial charge is 0.252 e. The zero-order valence-electron chi connectivity index (χ0n) is 9.59. The lowest BCUT2D eigenvalue weighted by Crippen LogP contribution is -2.43. The van der Waals surface area contributed by atoms with Gasteiger partial charge in [0, 0.05) is 31.5 Å². The quantitative estimate of drug-likeness (QED) is 0.738. The third kappa shape index (κ3) is 1.76. The van der Waals surface area contributed by atoms with Gasteiger partial charge in [-0.2, -0.15) is 0 Å². The van der Waals surface area contributed by atoms with Crippen LogP contribution in [-0.2, 0) is 0 Å². The van der Waals surface area contributed by atoms with E-state index in [0.717, 1.165) is 38.9 Å². The van der Waals surface area contributed by atoms with E-state index in [1.165, 1.54) is 0 Å². The summed E-state index contributed by atoms with van der Waals surface area (Å²) in [5.74, 6) is -2.46. The molecule has 16 heavy (non-hydrogen) atoms. The standard InChI is InChI=1S/C12H20F2N2/c13-12(14)4-1-9-7-16(8-11(9)12)10-2-5-15-6-3-10/h9-11,15H,1-8H2/t9-,11-/m1/s1. The molecule has 0 aromatic rings. The van der Waals surface area contributed by atoms with Crippen molar-refractivity contribution in [1.29, 1.82) is 0 Å². The molecule has 2 heterocycles. The molecule has 2 nitrogen and oxygen atoms in total. The van der Waals surface area contributed by atoms with Crippen molar-refractivity contribution in [1.82, 2.24) is 10.2 Å². The van der Waals surface area contributed by atoms with Gasteiger partial charge in [-0.25, -0.2) is 8.78 Å². The van der Waals surface area contributed by atoms with Gasteiger partial charge in [-0.05, 0) is 38.3 Å². The van der Waals surface area contributed by atoms with Gasteiger partial charge in [0.2, 0.25) is 0 Å². The van der Waals surface area contributed by atoms with Gasteiger partial charge >= 0.3 is 0 Å². The zero-order chi connectivity index (χ0) is 11.2. The van der Waals surface area contributed by atoms with Gasteiger partial charge in [0.05, 0.1) is 0 Å². The number of likely N-dealkylation sites (tertiary alicyclic amines) is 1. The average Bonchev–Trinajstić information content (AvgIpc) is 2.82. The molecule has 0 aromatic carbocycles. The van der Waals surface area contributed by atoms with Crippen LogP contribution in [0, 0.1) is 11.8 Å². The van der Waals surface area contributed by atoms with E-state index < -0.39 is 5.92 Å². The number of piperidine rings is 1. The van der Waals surface area contributed by atoms with Crippen molar-refractivity contribution in [3.63, 3.8) is 0 Å². The maximum Gasteiger partial charge on any atom is 0.252 e. The highest BCUT2D eigenvalue weighted by molar-refractivity contribution is 4.99. The molecular weight excluding hydrogens is 210 g/mol. The highest BCUT2D eigenvalue weighted by atomic mass is 19.3. The second-order valence-corrected chi connectivity index (χ2v) is 5.60. The summed E-state index contributed by atoms with van der Waals surface area (Å²) in [7, 11) is 0. The van der Waals surface area contributed by atoms with Crippen molar-refractivity contribution < 1.29 is 8.78 Å². The van der Waals surface area contributed by atoms with Gasteiger partial charge in [-0.3, -0.25) is 4.90 Å². The molecule has 0 radical (unpaired) electrons. The summed E-state index contributed by atoms with van der Waals surface area (Å²) >= 11 is 0. The Morgan fingerprint density at radius 2 is 1.81 bits per heavy atom. The van der Waals surface area contributed by atoms with E-state index >= 15 is 0 Å². The van der Waals surface area contributed by atoms with Crippen LogP contribution in [0.2, 0.25) is 0 Å². The molecule has 4 heteroatoms. The van der Waals surface area contributed by atoms with Gasteiger partial charge in [0.25, 0.3) is 5.92 Å². The number of hydrogen-bond donors (Lipinski definition) is 1. The van der Waals surface area contributed by atoms with Gasteiger partial charge in [-0.15, -0.1) is 0 Å². The first-order valence-electron chi connectivity index (χ1n) is 6.49. The average molecular weight is 230 g/mol. The first-order chi connectivity index (χ1) is 7.67. The summed E-state index contributed by atoms with van der Waals surface area (Å²) in [4.78, 5) is 2.34. The van der Waals surface area contributed by atoms with Crippen LogP contribution in [0.5, 0.6) is 0 Å². The normalized spacial score (nSPS) is 40.1. The molecule has 0 amide bonds. The molecule has 0 unspecified atom stereocenters. The Morgan fingerprint density at radius 1 is 1.06 bits per heavy atom. The number of nitrogens with zero attached hydrogens (tertiary/aromatic N) is 1. The maximum absolute atomic E-state index is 13.6. The first-order valence-corrected chi connectivity index (χ1v) is 6.49. The number of halogens is 2. The Labute approximate surface area is 95.4 Å². The van der Waals surface area contributed by atoms with E-state index in [1.54, 1.807) is 0 Å². The van der Waals surface area contributed by atoms with Crippen LogP contribution < -0.4 is 5.32 Å². The van der Waals surface area contributed by atoms with Crippen LogP contribution in [0.3, 0.4) is 0 Å². The second kappa shape index (κ2) is 3.91. The van der Waals surface area contributed by atoms with Crippen LogP contribution in [0.1, 0.15) is 25.7 Å². The first kappa shape index (κ1) is 10.9. The van der Waals surface area contributed by atoms with E-state index in [2.05, 4.69) is 10.2 Å². The number of hydrogen-bond acceptors (Lipinski definition) is 2. The fourth-order valence-electron chi connectivity index (χ4n) is 3.71. The van der Waals surface area contributed by atoms with Gasteiger partial charge in [-0.1, -0.05) is 0 Å². The Morgan fingerprint density at radius 3 is 2.50 bits per heavy atom. The third-order valence-electron chi connectivity index (χ3n) is 4.69. The van der Waals surface area contributed by atoms with Gasteiger partial charge in [0.15, 0.2) is 0 Å². The van der Waals surface area contributed by atoms with Gasteiger partial charge < -0.3 is 5.32 Å². The number of fused-ring (bicyclic) bond motifs is 1. The SMILES string of the molecule is FC1(F)CC[C@@H]2CN(C3CCNCC3)C[C@H]21. The summed E-state index contributed by atoms with van der Waals surface area (Å²) in [6.45, 7) is 3.66. The van der Waals surface area contributed by atoms with Crippen LogP contribution in [-0.4, -0.2) is 43.0 Å². The molecule has 2 aliphatic heterocycles. The molecular formula is C12H20F2N2. The predicted molar refractivity (Wildman–Crippen MR) is 58.6 cm³/mol. The lowest BCUT2D eigenvalue weighted by molar-refractivity contribution is -0.0415. The highest BCUT2D eigenvalue weighted by Crippen LogP contribution is 2.48. The molecule has 0 aromatic heterocycles. The summed E-state index contributed by atoms with van der Waals surface area (Å²) in [5.41, 5.74) is 0. The molecule has 0 spiro atoms. The third-order valence-corrected chi connectivity index (χ3v) is 4.69. The summed E-state index contributed by atoms with van der Waals surface area (Å²) in [5, 5.41) is 3.33. The largest absolute Gasteiger partial charge is 0.317 e. The molecule has 0 bridgehead atoms. The lowest BCUT2D eigenvalue weighted by atomic mass is 9.99. The van der Waals surface area contributed by atoms with E-state index in [9.17, 15) is 8.78 Å². The van der Waals surface area contributed by atoms with Gasteiger partial charge in [0.1, 0.15) is 0 Å². The molecule has 2 saturated heterocycles. The Balaban J connectivity index is 1.64. The van der Waals surface area contributed by atoms with Crippen molar-refractivity contribution in [2.24, 2.45) is 11.8 Å². The molecule has 3 rings (SSSR count). The lowest BCUT2D eigenvalue weighted by Gasteiger charge is -2.32. The molecule has 1 saturated carbocycles. The summed E-state index contributed by atoms with van der Waals surface area (Å²) in [6, 6.07) is 0.558. The highest BCUT2D eigenvalue weighted by Gasteiger charge is 2.54. The molecule has 3 fully saturated rings. The minimum Gasteiger partial charge on any atom is -0.317 e. The van der Waals surface area contributed by atoms with Crippen molar-refractivity contribution in [3.8, 4) is 0 Å². The van der Waals surface area contributed by atoms with Crippen LogP contribution in [0.4, 0.5) is 8.78 Å². The number of nitrogens with one attached hydrogen (secondary N) is 1. The van der Waals surface area contributed by atoms with E-state index in [0.29, 0.717) is 12.6 Å². The van der Waals surface area contributed by atoms with Crippen LogP contribution in [0.25, 0.3) is 0 Å². The summed E-state index contributed by atoms with van der Waals surface area (Å²) in [6.07, 6.45) is 3.12. The minimum absolute atomic E-state index is 0.127. The maximum atomic E-state index is 13.6. The van der Waals surface area contributed by atoms with E-state index in [-0.39, 0.29) is 18.3 Å². The predicted octanol–water partition coefficient (Wildman–Crippen LogP) is 1.72. The molecule has 1 aliphatic carbocycles. The Kier molecular flexibility index (Phi) is 2.67. The second-order valence-electron chi connectivity index (χ2n) is 5.60. The Hall–Kier alpha value is -0.220. The Bertz CT molecular complexity index is 264. The molecule has 2 atom stereocenters. The fraction of sp³-hybridized carbons (Fsp3) is 1.00. The fourth-order valence-corrected chi connectivity index (χ4v) is 3.71. The number of rotatable bonds is 1. The van der Waals surface area contributed by atoms with Crippen LogP contribution >= 0.6 is 0 Å². The minimum atomic E-state index is -2.38.